The number of nitrogens with zero attached hydrogens (tertiary/aromatic N) is 1. The summed E-state index contributed by atoms with van der Waals surface area (Å²) in [5.74, 6) is -0.0640. The molecule has 1 aromatic carbocycles. The Labute approximate surface area is 108 Å². The first-order chi connectivity index (χ1) is 8.67. The van der Waals surface area contributed by atoms with Gasteiger partial charge in [-0.1, -0.05) is 19.1 Å². The third-order valence-corrected chi connectivity index (χ3v) is 2.66. The summed E-state index contributed by atoms with van der Waals surface area (Å²) in [4.78, 5) is 13.9. The number of rotatable bonds is 7. The maximum absolute atomic E-state index is 11.8. The van der Waals surface area contributed by atoms with E-state index in [2.05, 4.69) is 5.32 Å². The Hall–Kier alpha value is -1.59. The number of methoxy groups -OCH3 is 1. The van der Waals surface area contributed by atoms with E-state index < -0.39 is 0 Å². The molecular weight excluding hydrogens is 230 g/mol. The number of nitrogens with one attached hydrogen (secondary N) is 1. The lowest BCUT2D eigenvalue weighted by Gasteiger charge is -2.19. The van der Waals surface area contributed by atoms with Gasteiger partial charge in [0.05, 0.1) is 24.5 Å². The van der Waals surface area contributed by atoms with Crippen LogP contribution in [0.2, 0.25) is 0 Å². The second-order valence-corrected chi connectivity index (χ2v) is 4.00. The summed E-state index contributed by atoms with van der Waals surface area (Å²) in [6, 6.07) is 7.23. The quantitative estimate of drug-likeness (QED) is 0.714. The molecule has 3 N–H and O–H groups in total. The second kappa shape index (κ2) is 7.68. The molecule has 5 heteroatoms. The molecule has 0 unspecified atom stereocenters. The molecule has 0 atom stereocenters. The number of anilines is 2. The van der Waals surface area contributed by atoms with Crippen LogP contribution in [0.15, 0.2) is 24.3 Å². The number of nitrogens with two attached hydrogens (primary N) is 1. The van der Waals surface area contributed by atoms with Crippen LogP contribution in [0.3, 0.4) is 0 Å². The standard InChI is InChI=1S/C13H21N3O2/c1-3-16(8-9-18-2)10-13(17)15-12-7-5-4-6-11(12)14/h4-7H,3,8-10,14H2,1-2H3,(H,15,17). The zero-order chi connectivity index (χ0) is 13.4. The van der Waals surface area contributed by atoms with E-state index in [1.54, 1.807) is 19.2 Å². The van der Waals surface area contributed by atoms with Crippen molar-refractivity contribution in [3.05, 3.63) is 24.3 Å². The average Bonchev–Trinajstić information content (AvgIpc) is 2.37. The minimum absolute atomic E-state index is 0.0640. The van der Waals surface area contributed by atoms with E-state index in [0.29, 0.717) is 24.5 Å². The Morgan fingerprint density at radius 3 is 2.78 bits per heavy atom. The molecule has 0 aliphatic carbocycles. The first-order valence-electron chi connectivity index (χ1n) is 6.03. The van der Waals surface area contributed by atoms with Gasteiger partial charge in [-0.25, -0.2) is 0 Å². The first kappa shape index (κ1) is 14.5. The van der Waals surface area contributed by atoms with E-state index in [1.165, 1.54) is 0 Å². The number of carbonyl (C=O) groups is 1. The molecule has 1 amide bonds. The van der Waals surface area contributed by atoms with Gasteiger partial charge in [0.1, 0.15) is 0 Å². The SMILES string of the molecule is CCN(CCOC)CC(=O)Nc1ccccc1N. The number of amides is 1. The number of benzene rings is 1. The van der Waals surface area contributed by atoms with Crippen molar-refractivity contribution in [2.24, 2.45) is 0 Å². The highest BCUT2D eigenvalue weighted by Gasteiger charge is 2.09. The van der Waals surface area contributed by atoms with Crippen molar-refractivity contribution in [3.8, 4) is 0 Å². The molecular formula is C13H21N3O2. The smallest absolute Gasteiger partial charge is 0.238 e. The maximum Gasteiger partial charge on any atom is 0.238 e. The highest BCUT2D eigenvalue weighted by Crippen LogP contribution is 2.16. The van der Waals surface area contributed by atoms with Gasteiger partial charge < -0.3 is 15.8 Å². The van der Waals surface area contributed by atoms with Gasteiger partial charge in [-0.15, -0.1) is 0 Å². The fourth-order valence-electron chi connectivity index (χ4n) is 1.57. The number of likely N-dealkylation sites (N-methyl/N-ethyl adjacent to an activating group) is 1. The summed E-state index contributed by atoms with van der Waals surface area (Å²) in [6.45, 7) is 4.52. The number of carbonyl (C=O) groups excluding carboxylic acids is 1. The third kappa shape index (κ3) is 4.73. The van der Waals surface area contributed by atoms with E-state index >= 15 is 0 Å². The Bertz CT molecular complexity index is 382. The van der Waals surface area contributed by atoms with E-state index in [1.807, 2.05) is 24.0 Å². The van der Waals surface area contributed by atoms with Gasteiger partial charge in [0.15, 0.2) is 0 Å². The van der Waals surface area contributed by atoms with Gasteiger partial charge in [-0.3, -0.25) is 9.69 Å². The Balaban J connectivity index is 2.48. The second-order valence-electron chi connectivity index (χ2n) is 4.00. The minimum Gasteiger partial charge on any atom is -0.397 e. The van der Waals surface area contributed by atoms with Crippen LogP contribution >= 0.6 is 0 Å². The normalized spacial score (nSPS) is 10.6. The molecule has 0 bridgehead atoms. The molecule has 0 aliphatic rings. The van der Waals surface area contributed by atoms with Crippen LogP contribution in [-0.4, -0.2) is 44.2 Å². The van der Waals surface area contributed by atoms with Crippen LogP contribution in [0.25, 0.3) is 0 Å². The molecule has 0 saturated heterocycles. The zero-order valence-electron chi connectivity index (χ0n) is 11.0. The van der Waals surface area contributed by atoms with Gasteiger partial charge in [-0.05, 0) is 18.7 Å². The van der Waals surface area contributed by atoms with Crippen LogP contribution in [0, 0.1) is 0 Å². The summed E-state index contributed by atoms with van der Waals surface area (Å²) >= 11 is 0. The molecule has 0 heterocycles. The lowest BCUT2D eigenvalue weighted by atomic mass is 10.2. The number of hydrogen-bond donors (Lipinski definition) is 2. The van der Waals surface area contributed by atoms with Crippen molar-refractivity contribution in [1.82, 2.24) is 4.90 Å². The fraction of sp³-hybridized carbons (Fsp3) is 0.462. The highest BCUT2D eigenvalue weighted by atomic mass is 16.5. The van der Waals surface area contributed by atoms with E-state index in [4.69, 9.17) is 10.5 Å². The van der Waals surface area contributed by atoms with Gasteiger partial charge in [0, 0.05) is 13.7 Å². The minimum atomic E-state index is -0.0640. The predicted octanol–water partition coefficient (Wildman–Crippen LogP) is 1.18. The molecule has 0 saturated carbocycles. The molecule has 5 nitrogen and oxygen atoms in total. The van der Waals surface area contributed by atoms with Gasteiger partial charge in [-0.2, -0.15) is 0 Å². The molecule has 0 fully saturated rings. The molecule has 100 valence electrons. The zero-order valence-corrected chi connectivity index (χ0v) is 11.0. The van der Waals surface area contributed by atoms with Crippen LogP contribution in [-0.2, 0) is 9.53 Å². The fourth-order valence-corrected chi connectivity index (χ4v) is 1.57. The van der Waals surface area contributed by atoms with Crippen LogP contribution in [0.5, 0.6) is 0 Å². The molecule has 0 aromatic heterocycles. The van der Waals surface area contributed by atoms with E-state index in [0.717, 1.165) is 13.1 Å². The first-order valence-corrected chi connectivity index (χ1v) is 6.03. The van der Waals surface area contributed by atoms with Crippen LogP contribution in [0.4, 0.5) is 11.4 Å². The Morgan fingerprint density at radius 1 is 1.44 bits per heavy atom. The third-order valence-electron chi connectivity index (χ3n) is 2.66. The van der Waals surface area contributed by atoms with Crippen LogP contribution < -0.4 is 11.1 Å². The average molecular weight is 251 g/mol. The van der Waals surface area contributed by atoms with Gasteiger partial charge >= 0.3 is 0 Å². The summed E-state index contributed by atoms with van der Waals surface area (Å²) < 4.78 is 5.00. The molecule has 1 aromatic rings. The van der Waals surface area contributed by atoms with Crippen molar-refractivity contribution in [2.75, 3.05) is 44.4 Å². The van der Waals surface area contributed by atoms with E-state index in [-0.39, 0.29) is 5.91 Å². The lowest BCUT2D eigenvalue weighted by molar-refractivity contribution is -0.117. The molecule has 18 heavy (non-hydrogen) atoms. The molecule has 0 radical (unpaired) electrons. The number of para-hydroxylation sites is 2. The number of hydrogen-bond acceptors (Lipinski definition) is 4. The van der Waals surface area contributed by atoms with Crippen molar-refractivity contribution < 1.29 is 9.53 Å². The maximum atomic E-state index is 11.8. The van der Waals surface area contributed by atoms with Gasteiger partial charge in [0.2, 0.25) is 5.91 Å². The summed E-state index contributed by atoms with van der Waals surface area (Å²) in [5.41, 5.74) is 7.00. The Kier molecular flexibility index (Phi) is 6.18. The van der Waals surface area contributed by atoms with Gasteiger partial charge in [0.25, 0.3) is 0 Å². The predicted molar refractivity (Wildman–Crippen MR) is 73.5 cm³/mol. The van der Waals surface area contributed by atoms with Crippen molar-refractivity contribution in [3.63, 3.8) is 0 Å². The highest BCUT2D eigenvalue weighted by molar-refractivity contribution is 5.95. The molecule has 1 rings (SSSR count). The Morgan fingerprint density at radius 2 is 2.17 bits per heavy atom. The van der Waals surface area contributed by atoms with E-state index in [9.17, 15) is 4.79 Å². The lowest BCUT2D eigenvalue weighted by Crippen LogP contribution is -2.35. The topological polar surface area (TPSA) is 67.6 Å². The number of nitrogen functional groups attached to an aromatic ring is 1. The summed E-state index contributed by atoms with van der Waals surface area (Å²) in [5, 5.41) is 2.80. The van der Waals surface area contributed by atoms with Crippen molar-refractivity contribution in [1.29, 1.82) is 0 Å². The van der Waals surface area contributed by atoms with Crippen LogP contribution in [0.1, 0.15) is 6.92 Å². The monoisotopic (exact) mass is 251 g/mol. The largest absolute Gasteiger partial charge is 0.397 e. The number of ether oxygens (including phenoxy) is 1. The molecule has 0 aliphatic heterocycles. The summed E-state index contributed by atoms with van der Waals surface area (Å²) in [6.07, 6.45) is 0. The van der Waals surface area contributed by atoms with Crippen molar-refractivity contribution in [2.45, 2.75) is 6.92 Å². The molecule has 0 spiro atoms. The summed E-state index contributed by atoms with van der Waals surface area (Å²) in [7, 11) is 1.65. The van der Waals surface area contributed by atoms with Crippen molar-refractivity contribution >= 4 is 17.3 Å².